The van der Waals surface area contributed by atoms with Gasteiger partial charge in [-0.2, -0.15) is 0 Å². The highest BCUT2D eigenvalue weighted by Gasteiger charge is 2.33. The number of nitrogens with two attached hydrogens (primary N) is 1. The number of guanidine groups is 2. The minimum atomic E-state index is -0.119. The molecule has 0 amide bonds. The summed E-state index contributed by atoms with van der Waals surface area (Å²) in [5, 5.41) is 20.7. The number of hydrogen-bond acceptors (Lipinski definition) is 5. The Hall–Kier alpha value is -1.50. The van der Waals surface area contributed by atoms with Crippen molar-refractivity contribution in [2.24, 2.45) is 10.7 Å². The van der Waals surface area contributed by atoms with Gasteiger partial charge in [0.2, 0.25) is 0 Å². The fourth-order valence-corrected chi connectivity index (χ4v) is 2.96. The number of nitrogens with zero attached hydrogens (tertiary/aromatic N) is 3. The molecule has 0 radical (unpaired) electrons. The van der Waals surface area contributed by atoms with Crippen LogP contribution in [0.15, 0.2) is 4.99 Å². The number of aliphatic imine (C=N–C) groups is 1. The van der Waals surface area contributed by atoms with Gasteiger partial charge < -0.3 is 26.0 Å². The third-order valence-electron chi connectivity index (χ3n) is 4.02. The van der Waals surface area contributed by atoms with Crippen LogP contribution in [0.3, 0.4) is 0 Å². The summed E-state index contributed by atoms with van der Waals surface area (Å²) in [7, 11) is 0. The third kappa shape index (κ3) is 2.98. The second kappa shape index (κ2) is 6.30. The molecule has 1 fully saturated rings. The molecule has 0 aromatic rings. The molecule has 7 nitrogen and oxygen atoms in total. The van der Waals surface area contributed by atoms with Crippen molar-refractivity contribution in [2.75, 3.05) is 26.2 Å². The summed E-state index contributed by atoms with van der Waals surface area (Å²) in [6.07, 6.45) is 2.14. The van der Waals surface area contributed by atoms with Gasteiger partial charge in [0.15, 0.2) is 11.9 Å². The first-order valence-electron chi connectivity index (χ1n) is 7.36. The summed E-state index contributed by atoms with van der Waals surface area (Å²) < 4.78 is 0. The second-order valence-corrected chi connectivity index (χ2v) is 5.68. The summed E-state index contributed by atoms with van der Waals surface area (Å²) in [5.74, 6) is 0.951. The van der Waals surface area contributed by atoms with Gasteiger partial charge in [-0.3, -0.25) is 10.4 Å². The lowest BCUT2D eigenvalue weighted by atomic mass is 10.1. The van der Waals surface area contributed by atoms with E-state index in [9.17, 15) is 5.11 Å². The summed E-state index contributed by atoms with van der Waals surface area (Å²) in [4.78, 5) is 8.32. The minimum Gasteiger partial charge on any atom is -0.394 e. The van der Waals surface area contributed by atoms with E-state index in [4.69, 9.17) is 11.1 Å². The molecule has 0 saturated carbocycles. The highest BCUT2D eigenvalue weighted by atomic mass is 16.3. The van der Waals surface area contributed by atoms with Crippen molar-refractivity contribution >= 4 is 11.9 Å². The molecule has 2 rings (SSSR count). The number of aliphatic hydroxyl groups is 1. The predicted molar refractivity (Wildman–Crippen MR) is 79.8 cm³/mol. The van der Waals surface area contributed by atoms with E-state index in [1.54, 1.807) is 0 Å². The maximum Gasteiger partial charge on any atom is 0.191 e. The van der Waals surface area contributed by atoms with Crippen LogP contribution in [0.5, 0.6) is 0 Å². The smallest absolute Gasteiger partial charge is 0.191 e. The molecular weight excluding hydrogens is 256 g/mol. The molecule has 114 valence electrons. The van der Waals surface area contributed by atoms with Crippen LogP contribution < -0.4 is 11.1 Å². The summed E-state index contributed by atoms with van der Waals surface area (Å²) in [5.41, 5.74) is 5.97. The Morgan fingerprint density at radius 1 is 1.60 bits per heavy atom. The molecule has 3 unspecified atom stereocenters. The Kier molecular flexibility index (Phi) is 4.69. The third-order valence-corrected chi connectivity index (χ3v) is 4.02. The van der Waals surface area contributed by atoms with Gasteiger partial charge in [-0.05, 0) is 13.3 Å². The zero-order valence-electron chi connectivity index (χ0n) is 12.3. The normalized spacial score (nSPS) is 27.8. The van der Waals surface area contributed by atoms with Crippen LogP contribution in [0.1, 0.15) is 26.7 Å². The molecule has 2 aliphatic heterocycles. The maximum absolute atomic E-state index is 9.68. The molecule has 5 N–H and O–H groups in total. The average Bonchev–Trinajstić information content (AvgIpc) is 2.91. The van der Waals surface area contributed by atoms with E-state index >= 15 is 0 Å². The first kappa shape index (κ1) is 14.9. The predicted octanol–water partition coefficient (Wildman–Crippen LogP) is -0.625. The molecule has 0 aromatic heterocycles. The lowest BCUT2D eigenvalue weighted by Gasteiger charge is -2.34. The van der Waals surface area contributed by atoms with Gasteiger partial charge in [-0.15, -0.1) is 0 Å². The van der Waals surface area contributed by atoms with Crippen LogP contribution in [0.25, 0.3) is 0 Å². The van der Waals surface area contributed by atoms with Crippen LogP contribution >= 0.6 is 0 Å². The van der Waals surface area contributed by atoms with Gasteiger partial charge in [0, 0.05) is 19.1 Å². The Labute approximate surface area is 120 Å². The Morgan fingerprint density at radius 2 is 2.35 bits per heavy atom. The highest BCUT2D eigenvalue weighted by molar-refractivity contribution is 5.81. The lowest BCUT2D eigenvalue weighted by Crippen LogP contribution is -2.52. The van der Waals surface area contributed by atoms with Crippen LogP contribution in [0.2, 0.25) is 0 Å². The molecule has 2 heterocycles. The molecule has 0 spiro atoms. The van der Waals surface area contributed by atoms with Gasteiger partial charge in [0.1, 0.15) is 0 Å². The first-order valence-corrected chi connectivity index (χ1v) is 7.36. The molecule has 2 aliphatic rings. The largest absolute Gasteiger partial charge is 0.394 e. The summed E-state index contributed by atoms with van der Waals surface area (Å²) in [6.45, 7) is 6.30. The number of nitrogens with one attached hydrogen (secondary N) is 2. The first-order chi connectivity index (χ1) is 9.56. The van der Waals surface area contributed by atoms with Crippen molar-refractivity contribution in [2.45, 2.75) is 44.8 Å². The van der Waals surface area contributed by atoms with E-state index in [0.717, 1.165) is 25.9 Å². The molecule has 1 saturated heterocycles. The van der Waals surface area contributed by atoms with Crippen molar-refractivity contribution in [1.29, 1.82) is 5.41 Å². The number of hydrogen-bond donors (Lipinski definition) is 4. The van der Waals surface area contributed by atoms with E-state index in [1.807, 2.05) is 11.8 Å². The standard InChI is InChI=1S/C13H26N6O/c1-3-4-10-5-16-12(14)19(10)7-11(8-20)18-6-9(2)17-13(18)15/h9-11,20H,3-8H2,1-2H3,(H2,14,16)(H2,15,17). The Bertz CT molecular complexity index is 385. The van der Waals surface area contributed by atoms with Gasteiger partial charge in [0.25, 0.3) is 0 Å². The van der Waals surface area contributed by atoms with Crippen LogP contribution in [0, 0.1) is 5.41 Å². The van der Waals surface area contributed by atoms with Gasteiger partial charge in [-0.1, -0.05) is 13.3 Å². The van der Waals surface area contributed by atoms with E-state index in [2.05, 4.69) is 22.1 Å². The van der Waals surface area contributed by atoms with Gasteiger partial charge in [-0.25, -0.2) is 0 Å². The quantitative estimate of drug-likeness (QED) is 0.520. The van der Waals surface area contributed by atoms with Gasteiger partial charge in [0.05, 0.1) is 25.2 Å². The second-order valence-electron chi connectivity index (χ2n) is 5.68. The maximum atomic E-state index is 9.68. The van der Waals surface area contributed by atoms with Crippen molar-refractivity contribution < 1.29 is 5.11 Å². The summed E-state index contributed by atoms with van der Waals surface area (Å²) >= 11 is 0. The molecule has 0 bridgehead atoms. The minimum absolute atomic E-state index is 0.0133. The molecule has 0 aromatic carbocycles. The zero-order valence-corrected chi connectivity index (χ0v) is 12.3. The van der Waals surface area contributed by atoms with Crippen LogP contribution in [0.4, 0.5) is 0 Å². The Morgan fingerprint density at radius 3 is 2.90 bits per heavy atom. The van der Waals surface area contributed by atoms with E-state index in [0.29, 0.717) is 24.5 Å². The van der Waals surface area contributed by atoms with Crippen LogP contribution in [-0.4, -0.2) is 71.2 Å². The fourth-order valence-electron chi connectivity index (χ4n) is 2.96. The molecular formula is C13H26N6O. The summed E-state index contributed by atoms with van der Waals surface area (Å²) in [6, 6.07) is 0.454. The van der Waals surface area contributed by atoms with E-state index in [-0.39, 0.29) is 18.7 Å². The average molecular weight is 282 g/mol. The SMILES string of the molecule is CCCC1CN=C(N)N1CC(CO)N1CC(C)NC1=N. The molecule has 3 atom stereocenters. The van der Waals surface area contributed by atoms with E-state index < -0.39 is 0 Å². The number of aliphatic hydroxyl groups excluding tert-OH is 1. The van der Waals surface area contributed by atoms with Crippen LogP contribution in [-0.2, 0) is 0 Å². The molecule has 7 heteroatoms. The van der Waals surface area contributed by atoms with E-state index in [1.165, 1.54) is 0 Å². The van der Waals surface area contributed by atoms with Crippen molar-refractivity contribution in [1.82, 2.24) is 15.1 Å². The van der Waals surface area contributed by atoms with Crippen molar-refractivity contribution in [3.63, 3.8) is 0 Å². The topological polar surface area (TPSA) is 101 Å². The fraction of sp³-hybridized carbons (Fsp3) is 0.846. The van der Waals surface area contributed by atoms with Crippen molar-refractivity contribution in [3.8, 4) is 0 Å². The Balaban J connectivity index is 2.02. The van der Waals surface area contributed by atoms with Crippen molar-refractivity contribution in [3.05, 3.63) is 0 Å². The molecule has 20 heavy (non-hydrogen) atoms. The monoisotopic (exact) mass is 282 g/mol. The number of rotatable bonds is 6. The highest BCUT2D eigenvalue weighted by Crippen LogP contribution is 2.17. The lowest BCUT2D eigenvalue weighted by molar-refractivity contribution is 0.149. The molecule has 0 aliphatic carbocycles. The van der Waals surface area contributed by atoms with Gasteiger partial charge >= 0.3 is 0 Å². The zero-order chi connectivity index (χ0) is 14.7.